The number of anilines is 1. The van der Waals surface area contributed by atoms with Gasteiger partial charge in [0.2, 0.25) is 5.88 Å². The molecule has 3 aromatic heterocycles. The Kier molecular flexibility index (Phi) is 6.54. The number of nitrogens with zero attached hydrogens (tertiary/aromatic N) is 5. The SMILES string of the molecule is COc1cc(OC)c(-c2nn(C(C)C3=C(c4cccc(F)c4)C(C=O)c4ccccc4O3)c3ncnc(N)c23)cn1. The molecule has 1 aliphatic heterocycles. The molecule has 0 aliphatic carbocycles. The third kappa shape index (κ3) is 4.31. The predicted octanol–water partition coefficient (Wildman–Crippen LogP) is 4.97. The van der Waals surface area contributed by atoms with E-state index in [-0.39, 0.29) is 5.82 Å². The number of nitrogens with two attached hydrogens (primary N) is 1. The maximum absolute atomic E-state index is 14.4. The van der Waals surface area contributed by atoms with Gasteiger partial charge in [0.05, 0.1) is 31.1 Å². The smallest absolute Gasteiger partial charge is 0.216 e. The lowest BCUT2D eigenvalue weighted by Gasteiger charge is -2.31. The Morgan fingerprint density at radius 1 is 1.07 bits per heavy atom. The average molecular weight is 553 g/mol. The monoisotopic (exact) mass is 552 g/mol. The fourth-order valence-corrected chi connectivity index (χ4v) is 5.18. The molecule has 2 N–H and O–H groups in total. The largest absolute Gasteiger partial charge is 0.496 e. The second-order valence-corrected chi connectivity index (χ2v) is 9.40. The highest BCUT2D eigenvalue weighted by Gasteiger charge is 2.35. The molecule has 2 aromatic carbocycles. The molecule has 10 nitrogen and oxygen atoms in total. The van der Waals surface area contributed by atoms with Crippen LogP contribution in [0.3, 0.4) is 0 Å². The number of carbonyl (C=O) groups is 1. The number of aldehydes is 1. The number of fused-ring (bicyclic) bond motifs is 2. The average Bonchev–Trinajstić information content (AvgIpc) is 3.40. The Morgan fingerprint density at radius 2 is 1.90 bits per heavy atom. The second-order valence-electron chi connectivity index (χ2n) is 9.40. The number of carbonyl (C=O) groups excluding carboxylic acids is 1. The van der Waals surface area contributed by atoms with Crippen molar-refractivity contribution in [2.24, 2.45) is 0 Å². The molecule has 5 aromatic rings. The van der Waals surface area contributed by atoms with Crippen LogP contribution in [0.1, 0.15) is 30.0 Å². The molecule has 0 saturated carbocycles. The van der Waals surface area contributed by atoms with Crippen LogP contribution >= 0.6 is 0 Å². The van der Waals surface area contributed by atoms with E-state index in [0.29, 0.717) is 62.1 Å². The van der Waals surface area contributed by atoms with Crippen LogP contribution in [-0.4, -0.2) is 45.2 Å². The van der Waals surface area contributed by atoms with Crippen molar-refractivity contribution in [1.82, 2.24) is 24.7 Å². The molecule has 0 fully saturated rings. The van der Waals surface area contributed by atoms with Crippen LogP contribution in [0.4, 0.5) is 10.2 Å². The third-order valence-corrected chi connectivity index (χ3v) is 7.11. The van der Waals surface area contributed by atoms with Gasteiger partial charge >= 0.3 is 0 Å². The maximum Gasteiger partial charge on any atom is 0.216 e. The quantitative estimate of drug-likeness (QED) is 0.278. The Bertz CT molecular complexity index is 1840. The van der Waals surface area contributed by atoms with E-state index in [1.165, 1.54) is 32.7 Å². The van der Waals surface area contributed by atoms with Crippen LogP contribution in [0, 0.1) is 5.82 Å². The van der Waals surface area contributed by atoms with E-state index < -0.39 is 17.8 Å². The zero-order valence-electron chi connectivity index (χ0n) is 22.4. The summed E-state index contributed by atoms with van der Waals surface area (Å²) in [7, 11) is 3.04. The number of hydrogen-bond donors (Lipinski definition) is 1. The van der Waals surface area contributed by atoms with Crippen molar-refractivity contribution in [1.29, 1.82) is 0 Å². The van der Waals surface area contributed by atoms with Crippen molar-refractivity contribution in [2.45, 2.75) is 18.9 Å². The predicted molar refractivity (Wildman–Crippen MR) is 150 cm³/mol. The van der Waals surface area contributed by atoms with Crippen LogP contribution in [0.2, 0.25) is 0 Å². The first-order valence-electron chi connectivity index (χ1n) is 12.7. The van der Waals surface area contributed by atoms with E-state index >= 15 is 0 Å². The van der Waals surface area contributed by atoms with E-state index in [1.807, 2.05) is 25.1 Å². The summed E-state index contributed by atoms with van der Waals surface area (Å²) in [5, 5.41) is 5.40. The zero-order valence-corrected chi connectivity index (χ0v) is 22.4. The van der Waals surface area contributed by atoms with Crippen molar-refractivity contribution in [2.75, 3.05) is 20.0 Å². The normalized spacial score (nSPS) is 15.3. The summed E-state index contributed by atoms with van der Waals surface area (Å²) in [6.45, 7) is 1.86. The van der Waals surface area contributed by atoms with Crippen molar-refractivity contribution in [3.63, 3.8) is 0 Å². The lowest BCUT2D eigenvalue weighted by molar-refractivity contribution is -0.108. The highest BCUT2D eigenvalue weighted by atomic mass is 19.1. The first kappa shape index (κ1) is 25.9. The number of ether oxygens (including phenoxy) is 3. The topological polar surface area (TPSA) is 127 Å². The third-order valence-electron chi connectivity index (χ3n) is 7.11. The van der Waals surface area contributed by atoms with E-state index in [2.05, 4.69) is 15.0 Å². The fraction of sp³-hybridized carbons (Fsp3) is 0.167. The first-order chi connectivity index (χ1) is 19.9. The summed E-state index contributed by atoms with van der Waals surface area (Å²) < 4.78 is 33.4. The molecule has 11 heteroatoms. The number of methoxy groups -OCH3 is 2. The number of nitrogen functional groups attached to an aromatic ring is 1. The van der Waals surface area contributed by atoms with Gasteiger partial charge in [-0.3, -0.25) is 0 Å². The Labute approximate surface area is 234 Å². The van der Waals surface area contributed by atoms with Gasteiger partial charge in [-0.15, -0.1) is 0 Å². The number of aromatic nitrogens is 5. The van der Waals surface area contributed by atoms with Gasteiger partial charge in [0.15, 0.2) is 5.65 Å². The summed E-state index contributed by atoms with van der Waals surface area (Å²) in [6, 6.07) is 14.4. The molecule has 206 valence electrons. The van der Waals surface area contributed by atoms with Gasteiger partial charge in [-0.1, -0.05) is 30.3 Å². The van der Waals surface area contributed by atoms with Gasteiger partial charge in [-0.05, 0) is 30.7 Å². The Morgan fingerprint density at radius 3 is 2.66 bits per heavy atom. The van der Waals surface area contributed by atoms with Crippen molar-refractivity contribution in [3.8, 4) is 28.6 Å². The second kappa shape index (κ2) is 10.3. The highest BCUT2D eigenvalue weighted by Crippen LogP contribution is 2.46. The van der Waals surface area contributed by atoms with E-state index in [9.17, 15) is 9.18 Å². The number of hydrogen-bond acceptors (Lipinski definition) is 9. The van der Waals surface area contributed by atoms with Gasteiger partial charge in [-0.2, -0.15) is 5.10 Å². The highest BCUT2D eigenvalue weighted by molar-refractivity contribution is 5.99. The van der Waals surface area contributed by atoms with Crippen LogP contribution in [0.5, 0.6) is 17.4 Å². The minimum atomic E-state index is -0.703. The zero-order chi connectivity index (χ0) is 28.7. The number of pyridine rings is 1. The summed E-state index contributed by atoms with van der Waals surface area (Å²) in [4.78, 5) is 25.6. The molecule has 0 spiro atoms. The number of benzene rings is 2. The lowest BCUT2D eigenvalue weighted by atomic mass is 9.83. The number of allylic oxidation sites excluding steroid dienone is 2. The van der Waals surface area contributed by atoms with Crippen molar-refractivity contribution < 1.29 is 23.4 Å². The molecule has 0 radical (unpaired) electrons. The number of halogens is 1. The Balaban J connectivity index is 1.60. The molecular formula is C30H25FN6O4. The van der Waals surface area contributed by atoms with E-state index in [0.717, 1.165) is 6.29 Å². The van der Waals surface area contributed by atoms with Crippen LogP contribution < -0.4 is 19.9 Å². The van der Waals surface area contributed by atoms with Gasteiger partial charge in [0.25, 0.3) is 0 Å². The van der Waals surface area contributed by atoms with Crippen LogP contribution in [-0.2, 0) is 4.79 Å². The molecule has 0 bridgehead atoms. The molecular weight excluding hydrogens is 527 g/mol. The minimum absolute atomic E-state index is 0.210. The van der Waals surface area contributed by atoms with Crippen LogP contribution in [0.25, 0.3) is 27.9 Å². The molecule has 2 atom stereocenters. The van der Waals surface area contributed by atoms with Gasteiger partial charge < -0.3 is 24.7 Å². The molecule has 41 heavy (non-hydrogen) atoms. The molecule has 0 amide bonds. The first-order valence-corrected chi connectivity index (χ1v) is 12.7. The molecule has 1 aliphatic rings. The summed E-state index contributed by atoms with van der Waals surface area (Å²) in [6.07, 6.45) is 3.77. The molecule has 6 rings (SSSR count). The molecule has 2 unspecified atom stereocenters. The van der Waals surface area contributed by atoms with Gasteiger partial charge in [0.1, 0.15) is 53.2 Å². The van der Waals surface area contributed by atoms with Crippen LogP contribution in [0.15, 0.2) is 72.9 Å². The van der Waals surface area contributed by atoms with Crippen molar-refractivity contribution in [3.05, 3.63) is 89.8 Å². The summed E-state index contributed by atoms with van der Waals surface area (Å²) >= 11 is 0. The summed E-state index contributed by atoms with van der Waals surface area (Å²) in [5.41, 5.74) is 9.50. The van der Waals surface area contributed by atoms with E-state index in [1.54, 1.807) is 35.1 Å². The molecule has 0 saturated heterocycles. The standard InChI is InChI=1S/C30H25FN6O4/c1-16(28-25(17-7-6-8-18(31)11-17)21(14-38)19-9-4-5-10-22(19)41-28)37-30-26(29(32)34-15-35-30)27(36-37)20-13-33-24(40-3)12-23(20)39-2/h4-16,21H,1-3H3,(H2,32,34,35). The maximum atomic E-state index is 14.4. The lowest BCUT2D eigenvalue weighted by Crippen LogP contribution is -2.23. The van der Waals surface area contributed by atoms with E-state index in [4.69, 9.17) is 25.0 Å². The fourth-order valence-electron chi connectivity index (χ4n) is 5.18. The minimum Gasteiger partial charge on any atom is -0.496 e. The molecule has 4 heterocycles. The number of rotatable bonds is 7. The number of para-hydroxylation sites is 1. The van der Waals surface area contributed by atoms with Gasteiger partial charge in [0, 0.05) is 23.4 Å². The van der Waals surface area contributed by atoms with Gasteiger partial charge in [-0.25, -0.2) is 24.0 Å². The Hall–Kier alpha value is -5.32. The summed E-state index contributed by atoms with van der Waals surface area (Å²) in [5.74, 6) is 0.844. The van der Waals surface area contributed by atoms with Crippen molar-refractivity contribution >= 4 is 28.7 Å².